The molecule has 2 heterocycles. The van der Waals surface area contributed by atoms with Crippen molar-refractivity contribution in [2.24, 2.45) is 13.0 Å². The Morgan fingerprint density at radius 2 is 2.29 bits per heavy atom. The summed E-state index contributed by atoms with van der Waals surface area (Å²) >= 11 is 0. The summed E-state index contributed by atoms with van der Waals surface area (Å²) < 4.78 is 1.68. The van der Waals surface area contributed by atoms with Gasteiger partial charge in [0.05, 0.1) is 5.69 Å². The third kappa shape index (κ3) is 3.91. The minimum Gasteiger partial charge on any atom is -0.333 e. The monoisotopic (exact) mass is 324 g/mol. The predicted octanol–water partition coefficient (Wildman–Crippen LogP) is 3.12. The number of nitrogens with zero attached hydrogens (tertiary/aromatic N) is 4. The molecule has 126 valence electrons. The average molecular weight is 324 g/mol. The van der Waals surface area contributed by atoms with Crippen LogP contribution in [0.1, 0.15) is 41.0 Å². The number of hydrogen-bond acceptors (Lipinski definition) is 3. The van der Waals surface area contributed by atoms with Gasteiger partial charge in [-0.25, -0.2) is 0 Å². The van der Waals surface area contributed by atoms with Crippen molar-refractivity contribution in [3.05, 3.63) is 59.7 Å². The summed E-state index contributed by atoms with van der Waals surface area (Å²) in [5.41, 5.74) is 2.56. The number of carbonyl (C=O) groups is 1. The molecule has 0 bridgehead atoms. The molecular formula is C19H24N4O. The van der Waals surface area contributed by atoms with Gasteiger partial charge in [0.1, 0.15) is 5.69 Å². The van der Waals surface area contributed by atoms with Crippen molar-refractivity contribution in [2.75, 3.05) is 6.54 Å². The molecule has 0 N–H and O–H groups in total. The lowest BCUT2D eigenvalue weighted by molar-refractivity contribution is 0.0699. The van der Waals surface area contributed by atoms with E-state index in [-0.39, 0.29) is 5.91 Å². The predicted molar refractivity (Wildman–Crippen MR) is 93.4 cm³/mol. The maximum Gasteiger partial charge on any atom is 0.272 e. The van der Waals surface area contributed by atoms with Crippen LogP contribution in [-0.2, 0) is 13.6 Å². The Morgan fingerprint density at radius 1 is 1.42 bits per heavy atom. The van der Waals surface area contributed by atoms with Crippen LogP contribution in [0, 0.1) is 12.8 Å². The fourth-order valence-corrected chi connectivity index (χ4v) is 3.24. The number of pyridine rings is 1. The summed E-state index contributed by atoms with van der Waals surface area (Å²) in [6.45, 7) is 3.26. The second-order valence-corrected chi connectivity index (χ2v) is 6.49. The first-order valence-corrected chi connectivity index (χ1v) is 8.47. The third-order valence-corrected chi connectivity index (χ3v) is 4.46. The second kappa shape index (κ2) is 7.43. The van der Waals surface area contributed by atoms with Crippen LogP contribution in [0.4, 0.5) is 0 Å². The number of aryl methyl sites for hydroxylation is 2. The van der Waals surface area contributed by atoms with Crippen molar-refractivity contribution in [1.82, 2.24) is 19.7 Å². The fourth-order valence-electron chi connectivity index (χ4n) is 3.24. The van der Waals surface area contributed by atoms with E-state index in [0.29, 0.717) is 18.2 Å². The van der Waals surface area contributed by atoms with Crippen LogP contribution in [-0.4, -0.2) is 32.1 Å². The molecular weight excluding hydrogens is 300 g/mol. The summed E-state index contributed by atoms with van der Waals surface area (Å²) in [4.78, 5) is 19.2. The smallest absolute Gasteiger partial charge is 0.272 e. The molecule has 2 aromatic rings. The topological polar surface area (TPSA) is 51.0 Å². The van der Waals surface area contributed by atoms with E-state index < -0.39 is 0 Å². The van der Waals surface area contributed by atoms with E-state index in [1.165, 1.54) is 0 Å². The first-order chi connectivity index (χ1) is 11.6. The number of allylic oxidation sites excluding steroid dienone is 2. The van der Waals surface area contributed by atoms with Gasteiger partial charge in [-0.2, -0.15) is 5.10 Å². The molecule has 0 saturated heterocycles. The summed E-state index contributed by atoms with van der Waals surface area (Å²) in [6.07, 6.45) is 11.3. The Kier molecular flexibility index (Phi) is 5.08. The minimum atomic E-state index is 0.0384. The number of carbonyl (C=O) groups excluding carboxylic acids is 1. The maximum atomic E-state index is 13.1. The third-order valence-electron chi connectivity index (χ3n) is 4.46. The Morgan fingerprint density at radius 3 is 2.92 bits per heavy atom. The Bertz CT molecular complexity index is 720. The average Bonchev–Trinajstić information content (AvgIpc) is 2.94. The molecule has 0 aromatic carbocycles. The highest BCUT2D eigenvalue weighted by Crippen LogP contribution is 2.21. The molecule has 2 aromatic heterocycles. The lowest BCUT2D eigenvalue weighted by Crippen LogP contribution is -2.36. The van der Waals surface area contributed by atoms with Gasteiger partial charge in [-0.3, -0.25) is 14.5 Å². The van der Waals surface area contributed by atoms with Crippen LogP contribution in [0.15, 0.2) is 42.7 Å². The van der Waals surface area contributed by atoms with E-state index in [0.717, 1.165) is 37.1 Å². The first-order valence-electron chi connectivity index (χ1n) is 8.47. The molecule has 0 fully saturated rings. The van der Waals surface area contributed by atoms with Crippen molar-refractivity contribution in [2.45, 2.75) is 32.7 Å². The number of hydrogen-bond donors (Lipinski definition) is 0. The second-order valence-electron chi connectivity index (χ2n) is 6.49. The zero-order chi connectivity index (χ0) is 16.9. The Balaban J connectivity index is 1.81. The molecule has 0 aliphatic heterocycles. The van der Waals surface area contributed by atoms with E-state index in [4.69, 9.17) is 0 Å². The van der Waals surface area contributed by atoms with E-state index in [9.17, 15) is 4.79 Å². The van der Waals surface area contributed by atoms with Crippen LogP contribution in [0.2, 0.25) is 0 Å². The van der Waals surface area contributed by atoms with Crippen LogP contribution in [0.5, 0.6) is 0 Å². The molecule has 24 heavy (non-hydrogen) atoms. The summed E-state index contributed by atoms with van der Waals surface area (Å²) in [7, 11) is 1.83. The fraction of sp³-hybridized carbons (Fsp3) is 0.421. The molecule has 1 amide bonds. The zero-order valence-electron chi connectivity index (χ0n) is 14.4. The van der Waals surface area contributed by atoms with Crippen molar-refractivity contribution in [1.29, 1.82) is 0 Å². The molecule has 3 rings (SSSR count). The van der Waals surface area contributed by atoms with Crippen molar-refractivity contribution in [3.63, 3.8) is 0 Å². The Labute approximate surface area is 143 Å². The quantitative estimate of drug-likeness (QED) is 0.794. The molecule has 0 radical (unpaired) electrons. The van der Waals surface area contributed by atoms with Gasteiger partial charge in [-0.05, 0) is 49.8 Å². The minimum absolute atomic E-state index is 0.0384. The molecule has 1 atom stereocenters. The number of aromatic nitrogens is 3. The van der Waals surface area contributed by atoms with Gasteiger partial charge in [0, 0.05) is 32.5 Å². The van der Waals surface area contributed by atoms with Crippen LogP contribution in [0.3, 0.4) is 0 Å². The van der Waals surface area contributed by atoms with Crippen LogP contribution >= 0.6 is 0 Å². The zero-order valence-corrected chi connectivity index (χ0v) is 14.4. The van der Waals surface area contributed by atoms with Crippen LogP contribution in [0.25, 0.3) is 0 Å². The highest BCUT2D eigenvalue weighted by molar-refractivity contribution is 5.92. The summed E-state index contributed by atoms with van der Waals surface area (Å²) in [5.74, 6) is 0.557. The van der Waals surface area contributed by atoms with E-state index in [1.54, 1.807) is 10.9 Å². The van der Waals surface area contributed by atoms with Crippen molar-refractivity contribution < 1.29 is 4.79 Å². The standard InChI is InChI=1S/C19H24N4O/c1-15-11-18(22(2)21-15)19(24)23(13-16-7-4-3-5-8-16)14-17-9-6-10-20-12-17/h3-4,6,9-12,16H,5,7-8,13-14H2,1-2H3/t16-/m0/s1. The molecule has 1 aliphatic carbocycles. The van der Waals surface area contributed by atoms with Crippen LogP contribution < -0.4 is 0 Å². The van der Waals surface area contributed by atoms with Gasteiger partial charge in [-0.1, -0.05) is 18.2 Å². The van der Waals surface area contributed by atoms with Gasteiger partial charge in [-0.15, -0.1) is 0 Å². The molecule has 0 spiro atoms. The number of amides is 1. The lowest BCUT2D eigenvalue weighted by atomic mass is 9.93. The van der Waals surface area contributed by atoms with Gasteiger partial charge >= 0.3 is 0 Å². The van der Waals surface area contributed by atoms with Gasteiger partial charge in [0.25, 0.3) is 5.91 Å². The molecule has 5 heteroatoms. The normalized spacial score (nSPS) is 17.0. The molecule has 1 aliphatic rings. The van der Waals surface area contributed by atoms with Crippen molar-refractivity contribution in [3.8, 4) is 0 Å². The first kappa shape index (κ1) is 16.4. The highest BCUT2D eigenvalue weighted by Gasteiger charge is 2.23. The lowest BCUT2D eigenvalue weighted by Gasteiger charge is -2.28. The maximum absolute atomic E-state index is 13.1. The number of rotatable bonds is 5. The molecule has 5 nitrogen and oxygen atoms in total. The van der Waals surface area contributed by atoms with E-state index in [1.807, 2.05) is 43.3 Å². The van der Waals surface area contributed by atoms with Crippen molar-refractivity contribution >= 4 is 5.91 Å². The highest BCUT2D eigenvalue weighted by atomic mass is 16.2. The summed E-state index contributed by atoms with van der Waals surface area (Å²) in [5, 5.41) is 4.31. The van der Waals surface area contributed by atoms with E-state index >= 15 is 0 Å². The van der Waals surface area contributed by atoms with Gasteiger partial charge < -0.3 is 4.90 Å². The van der Waals surface area contributed by atoms with Gasteiger partial charge in [0.2, 0.25) is 0 Å². The summed E-state index contributed by atoms with van der Waals surface area (Å²) in [6, 6.07) is 5.79. The molecule has 0 unspecified atom stereocenters. The van der Waals surface area contributed by atoms with Gasteiger partial charge in [0.15, 0.2) is 0 Å². The SMILES string of the molecule is Cc1cc(C(=O)N(Cc2cccnc2)C[C@H]2CC=CCC2)n(C)n1. The largest absolute Gasteiger partial charge is 0.333 e. The molecule has 0 saturated carbocycles. The van der Waals surface area contributed by atoms with E-state index in [2.05, 4.69) is 22.2 Å². The Hall–Kier alpha value is -2.43.